The minimum Gasteiger partial charge on any atom is -0.368 e. The van der Waals surface area contributed by atoms with E-state index in [1.165, 1.54) is 11.0 Å². The van der Waals surface area contributed by atoms with Gasteiger partial charge < -0.3 is 11.1 Å². The fraction of sp³-hybridized carbons (Fsp3) is 0.0588. The Balaban J connectivity index is 1.59. The molecule has 4 aromatic rings. The zero-order chi connectivity index (χ0) is 20.2. The normalized spacial score (nSPS) is 10.6. The molecule has 29 heavy (non-hydrogen) atoms. The van der Waals surface area contributed by atoms with Crippen LogP contribution in [0.2, 0.25) is 0 Å². The van der Waals surface area contributed by atoms with Crippen molar-refractivity contribution in [3.63, 3.8) is 0 Å². The number of hydrogen-bond acceptors (Lipinski definition) is 8. The van der Waals surface area contributed by atoms with Crippen LogP contribution in [0.25, 0.3) is 17.1 Å². The summed E-state index contributed by atoms with van der Waals surface area (Å²) in [4.78, 5) is 24.9. The molecular formula is C17H14N10O2. The van der Waals surface area contributed by atoms with E-state index < -0.39 is 5.91 Å². The Hall–Kier alpha value is -4.48. The van der Waals surface area contributed by atoms with Gasteiger partial charge in [-0.05, 0) is 46.0 Å². The van der Waals surface area contributed by atoms with E-state index in [4.69, 9.17) is 5.73 Å². The summed E-state index contributed by atoms with van der Waals surface area (Å²) < 4.78 is 1.45. The quantitative estimate of drug-likeness (QED) is 0.467. The number of tetrazole rings is 2. The number of nitrogens with two attached hydrogens (primary N) is 1. The number of rotatable bonds is 6. The van der Waals surface area contributed by atoms with Gasteiger partial charge in [0, 0.05) is 11.1 Å². The van der Waals surface area contributed by atoms with Crippen LogP contribution in [0.3, 0.4) is 0 Å². The second kappa shape index (κ2) is 7.64. The van der Waals surface area contributed by atoms with Crippen LogP contribution in [0.4, 0.5) is 5.69 Å². The third-order valence-electron chi connectivity index (χ3n) is 3.89. The average Bonchev–Trinajstić information content (AvgIpc) is 3.40. The van der Waals surface area contributed by atoms with Gasteiger partial charge >= 0.3 is 0 Å². The Bertz CT molecular complexity index is 1170. The molecule has 0 radical (unpaired) electrons. The number of nitrogens with one attached hydrogen (secondary N) is 1. The molecule has 4 rings (SSSR count). The lowest BCUT2D eigenvalue weighted by molar-refractivity contribution is -0.118. The summed E-state index contributed by atoms with van der Waals surface area (Å²) in [5.74, 6) is -0.667. The van der Waals surface area contributed by atoms with Crippen molar-refractivity contribution in [3.8, 4) is 17.1 Å². The number of benzene rings is 2. The van der Waals surface area contributed by atoms with Crippen LogP contribution in [-0.2, 0) is 11.3 Å². The Morgan fingerprint density at radius 2 is 1.93 bits per heavy atom. The predicted molar refractivity (Wildman–Crippen MR) is 99.6 cm³/mol. The van der Waals surface area contributed by atoms with Gasteiger partial charge in [-0.3, -0.25) is 9.59 Å². The van der Waals surface area contributed by atoms with Gasteiger partial charge in [-0.2, -0.15) is 4.80 Å². The first kappa shape index (κ1) is 17.9. The number of aromatic nitrogens is 8. The number of carbonyl (C=O) groups is 2. The second-order valence-corrected chi connectivity index (χ2v) is 5.91. The molecule has 2 heterocycles. The first-order valence-corrected chi connectivity index (χ1v) is 8.40. The van der Waals surface area contributed by atoms with Crippen molar-refractivity contribution in [1.82, 2.24) is 40.4 Å². The SMILES string of the molecule is NC(=O)Cn1nnc(-c2ccccc2NC(=O)c2cccc(-n3cnnn3)c2)n1. The second-order valence-electron chi connectivity index (χ2n) is 5.91. The van der Waals surface area contributed by atoms with Crippen molar-refractivity contribution in [1.29, 1.82) is 0 Å². The van der Waals surface area contributed by atoms with Crippen LogP contribution in [0.15, 0.2) is 54.9 Å². The maximum atomic E-state index is 12.8. The van der Waals surface area contributed by atoms with Crippen LogP contribution in [0.1, 0.15) is 10.4 Å². The lowest BCUT2D eigenvalue weighted by Crippen LogP contribution is -2.20. The Labute approximate surface area is 163 Å². The first-order chi connectivity index (χ1) is 14.1. The third kappa shape index (κ3) is 3.95. The number of anilines is 1. The van der Waals surface area contributed by atoms with Crippen molar-refractivity contribution >= 4 is 17.5 Å². The summed E-state index contributed by atoms with van der Waals surface area (Å²) in [6.45, 7) is -0.189. The predicted octanol–water partition coefficient (Wildman–Crippen LogP) is 0.0534. The minimum absolute atomic E-state index is 0.189. The van der Waals surface area contributed by atoms with E-state index in [0.29, 0.717) is 22.5 Å². The highest BCUT2D eigenvalue weighted by atomic mass is 16.2. The van der Waals surface area contributed by atoms with Crippen molar-refractivity contribution in [2.24, 2.45) is 5.73 Å². The van der Waals surface area contributed by atoms with Crippen molar-refractivity contribution in [2.45, 2.75) is 6.54 Å². The average molecular weight is 390 g/mol. The third-order valence-corrected chi connectivity index (χ3v) is 3.89. The molecule has 0 aliphatic heterocycles. The maximum Gasteiger partial charge on any atom is 0.255 e. The molecule has 2 aromatic carbocycles. The molecule has 12 heteroatoms. The molecule has 12 nitrogen and oxygen atoms in total. The highest BCUT2D eigenvalue weighted by Gasteiger charge is 2.15. The number of primary amides is 1. The number of para-hydroxylation sites is 1. The van der Waals surface area contributed by atoms with Gasteiger partial charge in [-0.25, -0.2) is 4.68 Å². The lowest BCUT2D eigenvalue weighted by Gasteiger charge is -2.09. The molecule has 0 atom stereocenters. The number of nitrogens with zero attached hydrogens (tertiary/aromatic N) is 8. The van der Waals surface area contributed by atoms with Gasteiger partial charge in [0.2, 0.25) is 11.7 Å². The fourth-order valence-corrected chi connectivity index (χ4v) is 2.61. The van der Waals surface area contributed by atoms with E-state index in [9.17, 15) is 9.59 Å². The molecular weight excluding hydrogens is 376 g/mol. The van der Waals surface area contributed by atoms with Crippen molar-refractivity contribution in [2.75, 3.05) is 5.32 Å². The monoisotopic (exact) mass is 390 g/mol. The van der Waals surface area contributed by atoms with Crippen LogP contribution in [0.5, 0.6) is 0 Å². The Morgan fingerprint density at radius 3 is 2.72 bits per heavy atom. The molecule has 144 valence electrons. The summed E-state index contributed by atoms with van der Waals surface area (Å²) in [5.41, 5.74) is 7.24. The summed E-state index contributed by atoms with van der Waals surface area (Å²) >= 11 is 0. The van der Waals surface area contributed by atoms with Crippen molar-refractivity contribution < 1.29 is 9.59 Å². The maximum absolute atomic E-state index is 12.8. The Morgan fingerprint density at radius 1 is 1.07 bits per heavy atom. The summed E-state index contributed by atoms with van der Waals surface area (Å²) in [6, 6.07) is 13.8. The summed E-state index contributed by atoms with van der Waals surface area (Å²) in [6.07, 6.45) is 1.44. The topological polar surface area (TPSA) is 159 Å². The zero-order valence-corrected chi connectivity index (χ0v) is 14.9. The molecule has 2 amide bonds. The zero-order valence-electron chi connectivity index (χ0n) is 14.9. The van der Waals surface area contributed by atoms with Crippen LogP contribution < -0.4 is 11.1 Å². The van der Waals surface area contributed by atoms with Gasteiger partial charge in [0.15, 0.2) is 0 Å². The molecule has 0 fully saturated rings. The van der Waals surface area contributed by atoms with Crippen LogP contribution >= 0.6 is 0 Å². The molecule has 0 aliphatic carbocycles. The highest BCUT2D eigenvalue weighted by molar-refractivity contribution is 6.06. The van der Waals surface area contributed by atoms with E-state index in [0.717, 1.165) is 4.80 Å². The molecule has 3 N–H and O–H groups in total. The van der Waals surface area contributed by atoms with Crippen molar-refractivity contribution in [3.05, 3.63) is 60.4 Å². The van der Waals surface area contributed by atoms with Gasteiger partial charge in [-0.1, -0.05) is 18.2 Å². The Kier molecular flexibility index (Phi) is 4.72. The van der Waals surface area contributed by atoms with E-state index in [2.05, 4.69) is 36.3 Å². The van der Waals surface area contributed by atoms with E-state index in [1.54, 1.807) is 48.5 Å². The molecule has 0 aliphatic rings. The van der Waals surface area contributed by atoms with Gasteiger partial charge in [0.1, 0.15) is 12.9 Å². The van der Waals surface area contributed by atoms with Gasteiger partial charge in [-0.15, -0.1) is 15.3 Å². The number of hydrogen-bond donors (Lipinski definition) is 2. The van der Waals surface area contributed by atoms with E-state index in [-0.39, 0.29) is 18.3 Å². The first-order valence-electron chi connectivity index (χ1n) is 8.40. The molecule has 0 spiro atoms. The summed E-state index contributed by atoms with van der Waals surface area (Å²) in [5, 5.41) is 25.7. The van der Waals surface area contributed by atoms with Gasteiger partial charge in [0.25, 0.3) is 5.91 Å². The molecule has 2 aromatic heterocycles. The smallest absolute Gasteiger partial charge is 0.255 e. The lowest BCUT2D eigenvalue weighted by atomic mass is 10.1. The summed E-state index contributed by atoms with van der Waals surface area (Å²) in [7, 11) is 0. The fourth-order valence-electron chi connectivity index (χ4n) is 2.61. The molecule has 0 saturated carbocycles. The number of carbonyl (C=O) groups excluding carboxylic acids is 2. The highest BCUT2D eigenvalue weighted by Crippen LogP contribution is 2.25. The van der Waals surface area contributed by atoms with Crippen LogP contribution in [0, 0.1) is 0 Å². The number of amides is 2. The van der Waals surface area contributed by atoms with Crippen LogP contribution in [-0.4, -0.2) is 52.2 Å². The molecule has 0 bridgehead atoms. The van der Waals surface area contributed by atoms with E-state index >= 15 is 0 Å². The standard InChI is InChI=1S/C17H14N10O2/c18-15(28)9-27-22-16(21-24-27)13-6-1-2-7-14(13)20-17(29)11-4-3-5-12(8-11)26-10-19-23-25-26/h1-8,10H,9H2,(H2,18,28)(H,20,29). The molecule has 0 saturated heterocycles. The van der Waals surface area contributed by atoms with E-state index in [1.807, 2.05) is 0 Å². The minimum atomic E-state index is -0.585. The van der Waals surface area contributed by atoms with Gasteiger partial charge in [0.05, 0.1) is 11.4 Å². The molecule has 0 unspecified atom stereocenters. The largest absolute Gasteiger partial charge is 0.368 e.